The summed E-state index contributed by atoms with van der Waals surface area (Å²) in [5, 5.41) is 9.20. The van der Waals surface area contributed by atoms with Gasteiger partial charge in [-0.05, 0) is 37.5 Å². The molecule has 0 radical (unpaired) electrons. The minimum Gasteiger partial charge on any atom is -0.481 e. The van der Waals surface area contributed by atoms with Crippen molar-refractivity contribution in [1.29, 1.82) is 0 Å². The van der Waals surface area contributed by atoms with Crippen LogP contribution in [0.5, 0.6) is 0 Å². The van der Waals surface area contributed by atoms with Crippen LogP contribution in [0.2, 0.25) is 0 Å². The van der Waals surface area contributed by atoms with E-state index in [1.54, 1.807) is 0 Å². The topological polar surface area (TPSA) is 46.5 Å². The zero-order valence-electron chi connectivity index (χ0n) is 10.2. The lowest BCUT2D eigenvalue weighted by molar-refractivity contribution is -0.140. The molecule has 3 heteroatoms. The molecule has 0 aliphatic rings. The molecule has 0 amide bonds. The minimum absolute atomic E-state index is 0.208. The molecule has 0 spiro atoms. The van der Waals surface area contributed by atoms with E-state index in [1.165, 1.54) is 7.11 Å². The van der Waals surface area contributed by atoms with Crippen molar-refractivity contribution in [3.05, 3.63) is 34.4 Å². The molecule has 0 aromatic heterocycles. The fourth-order valence-electron chi connectivity index (χ4n) is 2.19. The smallest absolute Gasteiger partial charge is 0.313 e. The van der Waals surface area contributed by atoms with Crippen LogP contribution in [-0.4, -0.2) is 24.8 Å². The summed E-state index contributed by atoms with van der Waals surface area (Å²) in [7, 11) is 1.52. The van der Waals surface area contributed by atoms with E-state index >= 15 is 0 Å². The summed E-state index contributed by atoms with van der Waals surface area (Å²) in [4.78, 5) is 11.2. The van der Waals surface area contributed by atoms with E-state index in [-0.39, 0.29) is 6.61 Å². The summed E-state index contributed by atoms with van der Waals surface area (Å²) in [5.41, 5.74) is 4.06. The van der Waals surface area contributed by atoms with Crippen LogP contribution in [0.4, 0.5) is 0 Å². The second kappa shape index (κ2) is 5.12. The molecule has 0 heterocycles. The minimum atomic E-state index is -0.836. The predicted octanol–water partition coefficient (Wildman–Crippen LogP) is 2.43. The van der Waals surface area contributed by atoms with E-state index in [0.717, 1.165) is 22.3 Å². The van der Waals surface area contributed by atoms with Gasteiger partial charge in [0, 0.05) is 7.11 Å². The van der Waals surface area contributed by atoms with Gasteiger partial charge in [0.2, 0.25) is 0 Å². The first-order valence-electron chi connectivity index (χ1n) is 5.26. The summed E-state index contributed by atoms with van der Waals surface area (Å²) < 4.78 is 4.98. The largest absolute Gasteiger partial charge is 0.481 e. The van der Waals surface area contributed by atoms with Gasteiger partial charge in [-0.15, -0.1) is 0 Å². The number of ether oxygens (including phenoxy) is 1. The summed E-state index contributed by atoms with van der Waals surface area (Å²) >= 11 is 0. The molecule has 1 aromatic rings. The van der Waals surface area contributed by atoms with Gasteiger partial charge in [-0.25, -0.2) is 0 Å². The maximum Gasteiger partial charge on any atom is 0.313 e. The Hall–Kier alpha value is -1.35. The molecule has 0 saturated heterocycles. The van der Waals surface area contributed by atoms with Crippen LogP contribution in [-0.2, 0) is 9.53 Å². The average Bonchev–Trinajstić information content (AvgIpc) is 2.14. The van der Waals surface area contributed by atoms with Gasteiger partial charge in [0.15, 0.2) is 0 Å². The Kier molecular flexibility index (Phi) is 4.07. The van der Waals surface area contributed by atoms with Crippen LogP contribution in [0, 0.1) is 20.8 Å². The van der Waals surface area contributed by atoms with Gasteiger partial charge in [0.05, 0.1) is 6.61 Å². The lowest BCUT2D eigenvalue weighted by Gasteiger charge is -2.18. The van der Waals surface area contributed by atoms with Gasteiger partial charge in [-0.2, -0.15) is 0 Å². The van der Waals surface area contributed by atoms with E-state index in [2.05, 4.69) is 0 Å². The van der Waals surface area contributed by atoms with Crippen molar-refractivity contribution in [1.82, 2.24) is 0 Å². The molecule has 3 nitrogen and oxygen atoms in total. The average molecular weight is 222 g/mol. The molecular weight excluding hydrogens is 204 g/mol. The first-order chi connectivity index (χ1) is 7.47. The number of carboxylic acid groups (broad SMARTS) is 1. The van der Waals surface area contributed by atoms with Crippen LogP contribution in [0.25, 0.3) is 0 Å². The Bertz CT molecular complexity index is 373. The molecule has 1 aromatic carbocycles. The zero-order valence-corrected chi connectivity index (χ0v) is 10.2. The highest BCUT2D eigenvalue weighted by Crippen LogP contribution is 2.25. The first kappa shape index (κ1) is 12.7. The Balaban J connectivity index is 3.23. The monoisotopic (exact) mass is 222 g/mol. The second-order valence-corrected chi connectivity index (χ2v) is 4.16. The highest BCUT2D eigenvalue weighted by molar-refractivity contribution is 5.77. The molecular formula is C13H18O3. The van der Waals surface area contributed by atoms with Gasteiger partial charge in [-0.3, -0.25) is 4.79 Å². The normalized spacial score (nSPS) is 12.5. The van der Waals surface area contributed by atoms with Crippen LogP contribution in [0.15, 0.2) is 12.1 Å². The quantitative estimate of drug-likeness (QED) is 0.851. The highest BCUT2D eigenvalue weighted by Gasteiger charge is 2.23. The number of methoxy groups -OCH3 is 1. The number of hydrogen-bond acceptors (Lipinski definition) is 2. The molecule has 16 heavy (non-hydrogen) atoms. The number of benzene rings is 1. The molecule has 1 N–H and O–H groups in total. The SMILES string of the molecule is COCC(C(=O)O)c1c(C)cc(C)cc1C. The van der Waals surface area contributed by atoms with Crippen molar-refractivity contribution in [2.45, 2.75) is 26.7 Å². The van der Waals surface area contributed by atoms with E-state index in [0.29, 0.717) is 0 Å². The van der Waals surface area contributed by atoms with E-state index in [9.17, 15) is 9.90 Å². The van der Waals surface area contributed by atoms with Crippen molar-refractivity contribution in [3.63, 3.8) is 0 Å². The molecule has 0 fully saturated rings. The van der Waals surface area contributed by atoms with Crippen LogP contribution in [0.1, 0.15) is 28.2 Å². The standard InChI is InChI=1S/C13H18O3/c1-8-5-9(2)12(10(3)6-8)11(7-16-4)13(14)15/h5-6,11H,7H2,1-4H3,(H,14,15). The molecule has 1 rings (SSSR count). The zero-order chi connectivity index (χ0) is 12.3. The number of carbonyl (C=O) groups is 1. The number of aliphatic carboxylic acids is 1. The molecule has 0 saturated carbocycles. The first-order valence-corrected chi connectivity index (χ1v) is 5.26. The molecule has 1 unspecified atom stereocenters. The Labute approximate surface area is 96.1 Å². The van der Waals surface area contributed by atoms with Crippen molar-refractivity contribution >= 4 is 5.97 Å². The molecule has 88 valence electrons. The third-order valence-corrected chi connectivity index (χ3v) is 2.72. The lowest BCUT2D eigenvalue weighted by atomic mass is 9.90. The predicted molar refractivity (Wildman–Crippen MR) is 62.9 cm³/mol. The fourth-order valence-corrected chi connectivity index (χ4v) is 2.19. The molecule has 0 aliphatic heterocycles. The maximum atomic E-state index is 11.2. The third-order valence-electron chi connectivity index (χ3n) is 2.72. The van der Waals surface area contributed by atoms with E-state index < -0.39 is 11.9 Å². The van der Waals surface area contributed by atoms with E-state index in [1.807, 2.05) is 32.9 Å². The van der Waals surface area contributed by atoms with Crippen molar-refractivity contribution < 1.29 is 14.6 Å². The van der Waals surface area contributed by atoms with E-state index in [4.69, 9.17) is 4.74 Å². The number of carboxylic acids is 1. The summed E-state index contributed by atoms with van der Waals surface area (Å²) in [5.74, 6) is -1.41. The summed E-state index contributed by atoms with van der Waals surface area (Å²) in [6.45, 7) is 6.11. The van der Waals surface area contributed by atoms with Crippen molar-refractivity contribution in [3.8, 4) is 0 Å². The molecule has 0 aliphatic carbocycles. The van der Waals surface area contributed by atoms with Crippen LogP contribution >= 0.6 is 0 Å². The van der Waals surface area contributed by atoms with Crippen LogP contribution in [0.3, 0.4) is 0 Å². The Morgan fingerprint density at radius 3 is 2.19 bits per heavy atom. The lowest BCUT2D eigenvalue weighted by Crippen LogP contribution is -2.19. The summed E-state index contributed by atoms with van der Waals surface area (Å²) in [6, 6.07) is 4.02. The van der Waals surface area contributed by atoms with Gasteiger partial charge in [0.1, 0.15) is 5.92 Å². The van der Waals surface area contributed by atoms with Gasteiger partial charge < -0.3 is 9.84 Å². The second-order valence-electron chi connectivity index (χ2n) is 4.16. The fraction of sp³-hybridized carbons (Fsp3) is 0.462. The highest BCUT2D eigenvalue weighted by atomic mass is 16.5. The Morgan fingerprint density at radius 2 is 1.81 bits per heavy atom. The van der Waals surface area contributed by atoms with Crippen molar-refractivity contribution in [2.24, 2.45) is 0 Å². The van der Waals surface area contributed by atoms with Gasteiger partial charge in [-0.1, -0.05) is 17.7 Å². The molecule has 0 bridgehead atoms. The third kappa shape index (κ3) is 2.61. The van der Waals surface area contributed by atoms with Crippen LogP contribution < -0.4 is 0 Å². The van der Waals surface area contributed by atoms with Gasteiger partial charge >= 0.3 is 5.97 Å². The van der Waals surface area contributed by atoms with Gasteiger partial charge in [0.25, 0.3) is 0 Å². The summed E-state index contributed by atoms with van der Waals surface area (Å²) in [6.07, 6.45) is 0. The number of aryl methyl sites for hydroxylation is 3. The van der Waals surface area contributed by atoms with Crippen molar-refractivity contribution in [2.75, 3.05) is 13.7 Å². The number of rotatable bonds is 4. The number of hydrogen-bond donors (Lipinski definition) is 1. The molecule has 1 atom stereocenters. The maximum absolute atomic E-state index is 11.2. The Morgan fingerprint density at radius 1 is 1.31 bits per heavy atom.